The molecule has 0 heterocycles. The molecule has 258 valence electrons. The molecular formula is C52H45N. The largest absolute Gasteiger partial charge is 0.361 e. The van der Waals surface area contributed by atoms with Crippen LogP contribution >= 0.6 is 0 Å². The highest BCUT2D eigenvalue weighted by atomic mass is 14.8. The highest BCUT2D eigenvalue weighted by molar-refractivity contribution is 5.94. The lowest BCUT2D eigenvalue weighted by Gasteiger charge is -2.46. The lowest BCUT2D eigenvalue weighted by molar-refractivity contribution is 0.563. The van der Waals surface area contributed by atoms with Gasteiger partial charge in [-0.05, 0) is 86.7 Å². The van der Waals surface area contributed by atoms with E-state index >= 15 is 0 Å². The van der Waals surface area contributed by atoms with Crippen molar-refractivity contribution in [2.45, 2.75) is 38.0 Å². The van der Waals surface area contributed by atoms with Gasteiger partial charge >= 0.3 is 0 Å². The van der Waals surface area contributed by atoms with Gasteiger partial charge in [0.05, 0.1) is 5.41 Å². The SMILES string of the molecule is C/C=C\C=C/CC(/C=C\C=C\Nc1cccc2c1-c1ccccc1C21c2ccccc2C(C)(C)c2ccccc21)=C/c1ccc(-c2ccccc2)cc1. The molecule has 1 nitrogen and oxygen atoms in total. The molecule has 8 rings (SSSR count). The zero-order valence-electron chi connectivity index (χ0n) is 30.8. The monoisotopic (exact) mass is 683 g/mol. The topological polar surface area (TPSA) is 12.0 Å². The van der Waals surface area contributed by atoms with Crippen molar-refractivity contribution >= 4 is 11.8 Å². The van der Waals surface area contributed by atoms with Gasteiger partial charge in [0.1, 0.15) is 0 Å². The maximum Gasteiger partial charge on any atom is 0.0720 e. The van der Waals surface area contributed by atoms with Crippen molar-refractivity contribution < 1.29 is 0 Å². The molecule has 2 aliphatic rings. The molecule has 1 spiro atoms. The zero-order valence-corrected chi connectivity index (χ0v) is 30.8. The smallest absolute Gasteiger partial charge is 0.0720 e. The van der Waals surface area contributed by atoms with Crippen molar-refractivity contribution in [2.75, 3.05) is 5.32 Å². The Morgan fingerprint density at radius 2 is 1.15 bits per heavy atom. The van der Waals surface area contributed by atoms with E-state index in [0.29, 0.717) is 0 Å². The summed E-state index contributed by atoms with van der Waals surface area (Å²) >= 11 is 0. The Labute approximate surface area is 315 Å². The fourth-order valence-electron chi connectivity index (χ4n) is 8.59. The summed E-state index contributed by atoms with van der Waals surface area (Å²) in [4.78, 5) is 0. The molecule has 53 heavy (non-hydrogen) atoms. The molecule has 1 N–H and O–H groups in total. The second-order valence-electron chi connectivity index (χ2n) is 14.5. The summed E-state index contributed by atoms with van der Waals surface area (Å²) in [5, 5.41) is 3.70. The number of hydrogen-bond acceptors (Lipinski definition) is 1. The van der Waals surface area contributed by atoms with Gasteiger partial charge in [0, 0.05) is 22.9 Å². The quantitative estimate of drug-likeness (QED) is 0.149. The maximum atomic E-state index is 3.70. The van der Waals surface area contributed by atoms with E-state index in [1.54, 1.807) is 0 Å². The van der Waals surface area contributed by atoms with Crippen molar-refractivity contribution in [2.24, 2.45) is 0 Å². The summed E-state index contributed by atoms with van der Waals surface area (Å²) in [6.45, 7) is 6.79. The minimum Gasteiger partial charge on any atom is -0.361 e. The molecule has 1 heteroatoms. The summed E-state index contributed by atoms with van der Waals surface area (Å²) in [5.41, 5.74) is 16.3. The number of rotatable bonds is 9. The van der Waals surface area contributed by atoms with Crippen LogP contribution in [0.25, 0.3) is 28.3 Å². The van der Waals surface area contributed by atoms with Crippen LogP contribution in [0.1, 0.15) is 66.1 Å². The van der Waals surface area contributed by atoms with Crippen LogP contribution in [0.15, 0.2) is 200 Å². The first-order chi connectivity index (χ1) is 26.0. The van der Waals surface area contributed by atoms with Gasteiger partial charge < -0.3 is 5.32 Å². The predicted molar refractivity (Wildman–Crippen MR) is 226 cm³/mol. The normalized spacial score (nSPS) is 15.3. The van der Waals surface area contributed by atoms with Gasteiger partial charge in [-0.1, -0.05) is 196 Å². The first-order valence-corrected chi connectivity index (χ1v) is 18.7. The lowest BCUT2D eigenvalue weighted by atomic mass is 9.55. The Hall–Kier alpha value is -6.18. The van der Waals surface area contributed by atoms with E-state index in [-0.39, 0.29) is 5.41 Å². The van der Waals surface area contributed by atoms with Crippen LogP contribution in [-0.4, -0.2) is 0 Å². The molecule has 0 saturated heterocycles. The number of benzene rings is 6. The minimum atomic E-state index is -0.393. The van der Waals surface area contributed by atoms with Crippen LogP contribution in [0.5, 0.6) is 0 Å². The van der Waals surface area contributed by atoms with E-state index in [2.05, 4.69) is 220 Å². The van der Waals surface area contributed by atoms with Crippen LogP contribution in [0.3, 0.4) is 0 Å². The average Bonchev–Trinajstić information content (AvgIpc) is 3.51. The molecule has 6 aromatic carbocycles. The van der Waals surface area contributed by atoms with Gasteiger partial charge in [-0.25, -0.2) is 0 Å². The first-order valence-electron chi connectivity index (χ1n) is 18.7. The highest BCUT2D eigenvalue weighted by Crippen LogP contribution is 2.63. The predicted octanol–water partition coefficient (Wildman–Crippen LogP) is 13.4. The Kier molecular flexibility index (Phi) is 9.25. The number of fused-ring (bicyclic) bond motifs is 9. The second kappa shape index (κ2) is 14.4. The molecule has 0 aliphatic heterocycles. The average molecular weight is 684 g/mol. The Balaban J connectivity index is 1.12. The summed E-state index contributed by atoms with van der Waals surface area (Å²) in [5.74, 6) is 0. The molecule has 0 amide bonds. The van der Waals surface area contributed by atoms with Gasteiger partial charge in [0.25, 0.3) is 0 Å². The third-order valence-electron chi connectivity index (χ3n) is 11.0. The minimum absolute atomic E-state index is 0.109. The van der Waals surface area contributed by atoms with Gasteiger partial charge in [-0.15, -0.1) is 0 Å². The van der Waals surface area contributed by atoms with E-state index in [4.69, 9.17) is 0 Å². The van der Waals surface area contributed by atoms with E-state index in [9.17, 15) is 0 Å². The number of hydrogen-bond donors (Lipinski definition) is 1. The zero-order chi connectivity index (χ0) is 36.3. The molecule has 0 fully saturated rings. The van der Waals surface area contributed by atoms with Crippen molar-refractivity contribution in [1.82, 2.24) is 0 Å². The molecule has 0 atom stereocenters. The molecule has 0 bridgehead atoms. The fraction of sp³-hybridized carbons (Fsp3) is 0.115. The van der Waals surface area contributed by atoms with Crippen LogP contribution in [0.4, 0.5) is 5.69 Å². The van der Waals surface area contributed by atoms with Crippen LogP contribution in [0, 0.1) is 0 Å². The van der Waals surface area contributed by atoms with E-state index in [1.165, 1.54) is 66.8 Å². The van der Waals surface area contributed by atoms with Crippen molar-refractivity contribution in [3.8, 4) is 22.3 Å². The number of anilines is 1. The van der Waals surface area contributed by atoms with Crippen LogP contribution in [0.2, 0.25) is 0 Å². The summed E-state index contributed by atoms with van der Waals surface area (Å²) in [6.07, 6.45) is 20.1. The Bertz CT molecular complexity index is 2360. The lowest BCUT2D eigenvalue weighted by Crippen LogP contribution is -2.40. The van der Waals surface area contributed by atoms with E-state index in [1.807, 2.05) is 6.92 Å². The molecule has 6 aromatic rings. The number of allylic oxidation sites excluding steroid dienone is 8. The second-order valence-corrected chi connectivity index (χ2v) is 14.5. The molecular weight excluding hydrogens is 639 g/mol. The van der Waals surface area contributed by atoms with Crippen LogP contribution < -0.4 is 5.32 Å². The maximum absolute atomic E-state index is 3.70. The molecule has 0 radical (unpaired) electrons. The fourth-order valence-corrected chi connectivity index (χ4v) is 8.59. The summed E-state index contributed by atoms with van der Waals surface area (Å²) < 4.78 is 0. The van der Waals surface area contributed by atoms with E-state index in [0.717, 1.165) is 12.1 Å². The van der Waals surface area contributed by atoms with Gasteiger partial charge in [0.2, 0.25) is 0 Å². The first kappa shape index (κ1) is 33.9. The summed E-state index contributed by atoms with van der Waals surface area (Å²) in [7, 11) is 0. The van der Waals surface area contributed by atoms with Crippen molar-refractivity contribution in [3.05, 3.63) is 239 Å². The third-order valence-corrected chi connectivity index (χ3v) is 11.0. The van der Waals surface area contributed by atoms with Gasteiger partial charge in [-0.2, -0.15) is 0 Å². The Morgan fingerprint density at radius 1 is 0.547 bits per heavy atom. The number of nitrogens with one attached hydrogen (secondary N) is 1. The standard InChI is InChI=1S/C52H45N/c1-4-5-6-8-20-38(37-39-32-34-41(35-33-39)40-22-9-7-10-23-40)21-17-18-36-53-49-31-19-30-48-50(49)42-24-11-12-25-43(42)52(48)46-28-15-13-26-44(46)51(2,3)45-27-14-16-29-47(45)52/h4-19,21-37,53H,20H2,1-3H3/b5-4-,8-6-,21-17-,36-18+,38-37-. The third kappa shape index (κ3) is 6.03. The summed E-state index contributed by atoms with van der Waals surface area (Å²) in [6, 6.07) is 53.3. The Morgan fingerprint density at radius 3 is 1.85 bits per heavy atom. The van der Waals surface area contributed by atoms with Gasteiger partial charge in [0.15, 0.2) is 0 Å². The van der Waals surface area contributed by atoms with Crippen molar-refractivity contribution in [3.63, 3.8) is 0 Å². The van der Waals surface area contributed by atoms with Crippen molar-refractivity contribution in [1.29, 1.82) is 0 Å². The molecule has 0 unspecified atom stereocenters. The molecule has 0 aromatic heterocycles. The molecule has 2 aliphatic carbocycles. The van der Waals surface area contributed by atoms with Gasteiger partial charge in [-0.3, -0.25) is 0 Å². The highest BCUT2D eigenvalue weighted by Gasteiger charge is 2.53. The van der Waals surface area contributed by atoms with E-state index < -0.39 is 5.41 Å². The van der Waals surface area contributed by atoms with Crippen LogP contribution in [-0.2, 0) is 10.8 Å². The molecule has 0 saturated carbocycles.